The molecule has 1 amide bonds. The zero-order chi connectivity index (χ0) is 16.9. The lowest BCUT2D eigenvalue weighted by molar-refractivity contribution is 0.0692. The van der Waals surface area contributed by atoms with Crippen LogP contribution in [-0.2, 0) is 0 Å². The maximum absolute atomic E-state index is 13.0. The Bertz CT molecular complexity index is 696. The molecule has 2 aromatic rings. The third kappa shape index (κ3) is 3.77. The number of hydrogen-bond acceptors (Lipinski definition) is 3. The average Bonchev–Trinajstić information content (AvgIpc) is 3.14. The highest BCUT2D eigenvalue weighted by molar-refractivity contribution is 6.30. The highest BCUT2D eigenvalue weighted by Gasteiger charge is 2.26. The number of nitrogens with zero attached hydrogens (tertiary/aromatic N) is 2. The Morgan fingerprint density at radius 1 is 1.29 bits per heavy atom. The maximum Gasteiger partial charge on any atom is 0.255 e. The number of nitrogens with one attached hydrogen (secondary N) is 1. The lowest BCUT2D eigenvalue weighted by Crippen LogP contribution is -2.42. The Hall–Kier alpha value is -1.91. The van der Waals surface area contributed by atoms with Crippen LogP contribution in [0.25, 0.3) is 11.1 Å². The van der Waals surface area contributed by atoms with Crippen molar-refractivity contribution in [1.29, 1.82) is 0 Å². The number of hydrogen-bond donors (Lipinski definition) is 1. The van der Waals surface area contributed by atoms with Gasteiger partial charge in [0.2, 0.25) is 0 Å². The van der Waals surface area contributed by atoms with Crippen LogP contribution in [-0.4, -0.2) is 41.5 Å². The van der Waals surface area contributed by atoms with Crippen molar-refractivity contribution in [3.8, 4) is 11.1 Å². The van der Waals surface area contributed by atoms with Gasteiger partial charge in [-0.3, -0.25) is 9.78 Å². The van der Waals surface area contributed by atoms with Crippen molar-refractivity contribution in [2.75, 3.05) is 19.6 Å². The summed E-state index contributed by atoms with van der Waals surface area (Å²) in [6.07, 6.45) is 5.40. The van der Waals surface area contributed by atoms with Crippen LogP contribution in [0, 0.1) is 0 Å². The summed E-state index contributed by atoms with van der Waals surface area (Å²) in [6.45, 7) is 4.72. The van der Waals surface area contributed by atoms with E-state index in [1.54, 1.807) is 12.4 Å². The van der Waals surface area contributed by atoms with Gasteiger partial charge in [0.15, 0.2) is 0 Å². The van der Waals surface area contributed by atoms with Crippen molar-refractivity contribution < 1.29 is 4.79 Å². The molecule has 0 radical (unpaired) electrons. The van der Waals surface area contributed by atoms with Crippen LogP contribution in [0.5, 0.6) is 0 Å². The van der Waals surface area contributed by atoms with E-state index in [0.717, 1.165) is 43.6 Å². The standard InChI is InChI=1S/C19H22ClN3O/c1-2-9-23(18-7-8-21-13-18)19(24)16-10-15(11-22-12-16)14-3-5-17(20)6-4-14/h3-6,10-12,18,21H,2,7-9,13H2,1H3. The van der Waals surface area contributed by atoms with Gasteiger partial charge in [-0.25, -0.2) is 0 Å². The van der Waals surface area contributed by atoms with Gasteiger partial charge in [-0.05, 0) is 43.1 Å². The van der Waals surface area contributed by atoms with E-state index >= 15 is 0 Å². The van der Waals surface area contributed by atoms with Gasteiger partial charge in [-0.15, -0.1) is 0 Å². The molecule has 0 aliphatic carbocycles. The molecule has 1 aliphatic rings. The number of carbonyl (C=O) groups excluding carboxylic acids is 1. The molecule has 0 saturated carbocycles. The molecule has 126 valence electrons. The van der Waals surface area contributed by atoms with Crippen LogP contribution in [0.3, 0.4) is 0 Å². The first-order valence-corrected chi connectivity index (χ1v) is 8.79. The summed E-state index contributed by atoms with van der Waals surface area (Å²) >= 11 is 5.95. The monoisotopic (exact) mass is 343 g/mol. The molecular formula is C19H22ClN3O. The Balaban J connectivity index is 1.86. The molecule has 4 nitrogen and oxygen atoms in total. The van der Waals surface area contributed by atoms with Gasteiger partial charge in [0.25, 0.3) is 5.91 Å². The summed E-state index contributed by atoms with van der Waals surface area (Å²) in [4.78, 5) is 19.3. The van der Waals surface area contributed by atoms with Crippen LogP contribution in [0.4, 0.5) is 0 Å². The number of halogens is 1. The maximum atomic E-state index is 13.0. The predicted molar refractivity (Wildman–Crippen MR) is 97.3 cm³/mol. The summed E-state index contributed by atoms with van der Waals surface area (Å²) in [7, 11) is 0. The van der Waals surface area contributed by atoms with Gasteiger partial charge in [0, 0.05) is 42.1 Å². The van der Waals surface area contributed by atoms with E-state index in [1.807, 2.05) is 35.2 Å². The van der Waals surface area contributed by atoms with Crippen LogP contribution in [0.15, 0.2) is 42.7 Å². The van der Waals surface area contributed by atoms with Crippen molar-refractivity contribution >= 4 is 17.5 Å². The Labute approximate surface area is 147 Å². The molecular weight excluding hydrogens is 322 g/mol. The fraction of sp³-hybridized carbons (Fsp3) is 0.368. The van der Waals surface area contributed by atoms with Crippen molar-refractivity contribution in [2.24, 2.45) is 0 Å². The van der Waals surface area contributed by atoms with Crippen LogP contribution >= 0.6 is 11.6 Å². The number of pyridine rings is 1. The number of amides is 1. The zero-order valence-electron chi connectivity index (χ0n) is 13.8. The summed E-state index contributed by atoms with van der Waals surface area (Å²) in [6, 6.07) is 9.77. The molecule has 1 N–H and O–H groups in total. The van der Waals surface area contributed by atoms with E-state index in [9.17, 15) is 4.79 Å². The first-order valence-electron chi connectivity index (χ1n) is 8.41. The molecule has 1 saturated heterocycles. The molecule has 5 heteroatoms. The quantitative estimate of drug-likeness (QED) is 0.902. The minimum Gasteiger partial charge on any atom is -0.334 e. The lowest BCUT2D eigenvalue weighted by atomic mass is 10.0. The molecule has 0 spiro atoms. The summed E-state index contributed by atoms with van der Waals surface area (Å²) < 4.78 is 0. The first kappa shape index (κ1) is 16.9. The molecule has 2 heterocycles. The third-order valence-corrected chi connectivity index (χ3v) is 4.62. The van der Waals surface area contributed by atoms with E-state index in [4.69, 9.17) is 11.6 Å². The second-order valence-corrected chi connectivity index (χ2v) is 6.55. The third-order valence-electron chi connectivity index (χ3n) is 4.36. The van der Waals surface area contributed by atoms with Gasteiger partial charge in [0.05, 0.1) is 5.56 Å². The minimum absolute atomic E-state index is 0.0638. The summed E-state index contributed by atoms with van der Waals surface area (Å²) in [5, 5.41) is 4.03. The van der Waals surface area contributed by atoms with Gasteiger partial charge in [-0.1, -0.05) is 30.7 Å². The van der Waals surface area contributed by atoms with E-state index in [2.05, 4.69) is 17.2 Å². The fourth-order valence-corrected chi connectivity index (χ4v) is 3.25. The SMILES string of the molecule is CCCN(C(=O)c1cncc(-c2ccc(Cl)cc2)c1)C1CCNC1. The second-order valence-electron chi connectivity index (χ2n) is 6.11. The first-order chi connectivity index (χ1) is 11.7. The Morgan fingerprint density at radius 3 is 2.75 bits per heavy atom. The van der Waals surface area contributed by atoms with Gasteiger partial charge < -0.3 is 10.2 Å². The summed E-state index contributed by atoms with van der Waals surface area (Å²) in [5.41, 5.74) is 2.58. The molecule has 1 fully saturated rings. The second kappa shape index (κ2) is 7.77. The average molecular weight is 344 g/mol. The van der Waals surface area contributed by atoms with Gasteiger partial charge in [0.1, 0.15) is 0 Å². The Kier molecular flexibility index (Phi) is 5.48. The predicted octanol–water partition coefficient (Wildman–Crippen LogP) is 3.62. The topological polar surface area (TPSA) is 45.2 Å². The van der Waals surface area contributed by atoms with Crippen LogP contribution in [0.2, 0.25) is 5.02 Å². The van der Waals surface area contributed by atoms with Crippen molar-refractivity contribution in [2.45, 2.75) is 25.8 Å². The van der Waals surface area contributed by atoms with Crippen molar-refractivity contribution in [1.82, 2.24) is 15.2 Å². The van der Waals surface area contributed by atoms with E-state index < -0.39 is 0 Å². The molecule has 1 aliphatic heterocycles. The van der Waals surface area contributed by atoms with Crippen LogP contribution in [0.1, 0.15) is 30.1 Å². The minimum atomic E-state index is 0.0638. The van der Waals surface area contributed by atoms with Gasteiger partial charge >= 0.3 is 0 Å². The number of carbonyl (C=O) groups is 1. The van der Waals surface area contributed by atoms with Crippen molar-refractivity contribution in [3.63, 3.8) is 0 Å². The largest absolute Gasteiger partial charge is 0.334 e. The lowest BCUT2D eigenvalue weighted by Gasteiger charge is -2.28. The normalized spacial score (nSPS) is 17.0. The van der Waals surface area contributed by atoms with E-state index in [0.29, 0.717) is 10.6 Å². The Morgan fingerprint density at radius 2 is 2.08 bits per heavy atom. The molecule has 0 bridgehead atoms. The van der Waals surface area contributed by atoms with Gasteiger partial charge in [-0.2, -0.15) is 0 Å². The molecule has 1 unspecified atom stereocenters. The molecule has 24 heavy (non-hydrogen) atoms. The number of aromatic nitrogens is 1. The number of benzene rings is 1. The highest BCUT2D eigenvalue weighted by Crippen LogP contribution is 2.23. The molecule has 1 atom stereocenters. The van der Waals surface area contributed by atoms with Crippen LogP contribution < -0.4 is 5.32 Å². The molecule has 1 aromatic heterocycles. The summed E-state index contributed by atoms with van der Waals surface area (Å²) in [5.74, 6) is 0.0638. The molecule has 3 rings (SSSR count). The molecule has 1 aromatic carbocycles. The zero-order valence-corrected chi connectivity index (χ0v) is 14.6. The number of rotatable bonds is 5. The van der Waals surface area contributed by atoms with E-state index in [1.165, 1.54) is 0 Å². The van der Waals surface area contributed by atoms with Crippen molar-refractivity contribution in [3.05, 3.63) is 53.3 Å². The highest BCUT2D eigenvalue weighted by atomic mass is 35.5. The smallest absolute Gasteiger partial charge is 0.255 e. The van der Waals surface area contributed by atoms with E-state index in [-0.39, 0.29) is 11.9 Å². The fourth-order valence-electron chi connectivity index (χ4n) is 3.12.